The molecule has 11 atom stereocenters. The lowest BCUT2D eigenvalue weighted by molar-refractivity contribution is -0.193. The normalized spacial score (nSPS) is 39.0. The average Bonchev–Trinajstić information content (AvgIpc) is 3.42. The molecule has 0 spiro atoms. The summed E-state index contributed by atoms with van der Waals surface area (Å²) in [6.45, 7) is 18.6. The number of carboxylic acids is 1. The van der Waals surface area contributed by atoms with Crippen molar-refractivity contribution in [2.24, 2.45) is 74.9 Å². The third kappa shape index (κ3) is 6.87. The SMILES string of the molecule is CC(C)C1=C2C3CCC4C(C)(CCC5C(C)(C)C(CC(=O)C6CC(C(=O)O)C6C)CCC54C)C3CCC2(CCNCCNC(=O)c2ccc(Cl)cc2)CC1=O. The van der Waals surface area contributed by atoms with Crippen LogP contribution in [0.25, 0.3) is 0 Å². The Bertz CT molecular complexity index is 1720. The number of nitrogens with one attached hydrogen (secondary N) is 2. The number of benzene rings is 1. The number of carboxylic acid groups (broad SMARTS) is 1. The van der Waals surface area contributed by atoms with Crippen LogP contribution < -0.4 is 10.6 Å². The van der Waals surface area contributed by atoms with Gasteiger partial charge in [-0.25, -0.2) is 0 Å². The van der Waals surface area contributed by atoms with Crippen molar-refractivity contribution < 1.29 is 24.3 Å². The minimum absolute atomic E-state index is 0.0542. The number of carbonyl (C=O) groups is 4. The van der Waals surface area contributed by atoms with Crippen LogP contribution in [0.1, 0.15) is 136 Å². The molecule has 11 unspecified atom stereocenters. The van der Waals surface area contributed by atoms with E-state index >= 15 is 0 Å². The summed E-state index contributed by atoms with van der Waals surface area (Å²) in [7, 11) is 0. The first-order chi connectivity index (χ1) is 25.9. The number of hydrogen-bond donors (Lipinski definition) is 3. The highest BCUT2D eigenvalue weighted by molar-refractivity contribution is 6.30. The minimum Gasteiger partial charge on any atom is -0.481 e. The fraction of sp³-hybridized carbons (Fsp3) is 0.745. The van der Waals surface area contributed by atoms with Gasteiger partial charge in [-0.2, -0.15) is 0 Å². The van der Waals surface area contributed by atoms with E-state index in [4.69, 9.17) is 11.6 Å². The van der Waals surface area contributed by atoms with Crippen LogP contribution in [-0.2, 0) is 14.4 Å². The highest BCUT2D eigenvalue weighted by Crippen LogP contribution is 2.74. The van der Waals surface area contributed by atoms with E-state index in [1.54, 1.807) is 24.3 Å². The molecule has 8 heteroatoms. The molecule has 0 bridgehead atoms. The molecule has 0 aliphatic heterocycles. The lowest BCUT2D eigenvalue weighted by atomic mass is 9.35. The van der Waals surface area contributed by atoms with Gasteiger partial charge in [0.15, 0.2) is 5.78 Å². The second kappa shape index (κ2) is 15.0. The summed E-state index contributed by atoms with van der Waals surface area (Å²) in [5.41, 5.74) is 3.73. The van der Waals surface area contributed by atoms with Gasteiger partial charge in [0, 0.05) is 47.9 Å². The van der Waals surface area contributed by atoms with Crippen LogP contribution in [-0.4, -0.2) is 48.2 Å². The minimum atomic E-state index is -0.757. The molecule has 0 aromatic heterocycles. The summed E-state index contributed by atoms with van der Waals surface area (Å²) in [6, 6.07) is 6.95. The smallest absolute Gasteiger partial charge is 0.306 e. The van der Waals surface area contributed by atoms with Crippen molar-refractivity contribution in [3.8, 4) is 0 Å². The molecule has 55 heavy (non-hydrogen) atoms. The van der Waals surface area contributed by atoms with E-state index in [-0.39, 0.29) is 51.2 Å². The maximum Gasteiger partial charge on any atom is 0.306 e. The van der Waals surface area contributed by atoms with Gasteiger partial charge in [0.05, 0.1) is 5.92 Å². The van der Waals surface area contributed by atoms with Gasteiger partial charge in [-0.3, -0.25) is 19.2 Å². The maximum absolute atomic E-state index is 14.0. The zero-order chi connectivity index (χ0) is 39.7. The van der Waals surface area contributed by atoms with Crippen LogP contribution in [0, 0.1) is 74.9 Å². The number of halogens is 1. The Labute approximate surface area is 335 Å². The fourth-order valence-corrected chi connectivity index (χ4v) is 14.7. The third-order valence-electron chi connectivity index (χ3n) is 17.4. The van der Waals surface area contributed by atoms with Crippen LogP contribution in [0.15, 0.2) is 35.4 Å². The average molecular weight is 776 g/mol. The topological polar surface area (TPSA) is 113 Å². The van der Waals surface area contributed by atoms with Gasteiger partial charge < -0.3 is 15.7 Å². The quantitative estimate of drug-likeness (QED) is 0.183. The van der Waals surface area contributed by atoms with E-state index in [0.29, 0.717) is 84.1 Å². The first kappa shape index (κ1) is 40.7. The van der Waals surface area contributed by atoms with Gasteiger partial charge in [0.1, 0.15) is 5.78 Å². The lowest BCUT2D eigenvalue weighted by Gasteiger charge is -2.69. The Kier molecular flexibility index (Phi) is 11.1. The summed E-state index contributed by atoms with van der Waals surface area (Å²) in [6.07, 6.45) is 12.0. The molecule has 1 aromatic rings. The monoisotopic (exact) mass is 774 g/mol. The summed E-state index contributed by atoms with van der Waals surface area (Å²) in [5.74, 6) is 2.15. The van der Waals surface area contributed by atoms with E-state index in [2.05, 4.69) is 52.2 Å². The largest absolute Gasteiger partial charge is 0.481 e. The second-order valence-electron chi connectivity index (χ2n) is 20.5. The summed E-state index contributed by atoms with van der Waals surface area (Å²) >= 11 is 5.98. The predicted molar refractivity (Wildman–Crippen MR) is 218 cm³/mol. The van der Waals surface area contributed by atoms with Crippen molar-refractivity contribution in [2.75, 3.05) is 19.6 Å². The molecule has 7 nitrogen and oxygen atoms in total. The Morgan fingerprint density at radius 2 is 1.58 bits per heavy atom. The highest BCUT2D eigenvalue weighted by Gasteiger charge is 2.66. The van der Waals surface area contributed by atoms with Crippen molar-refractivity contribution in [1.29, 1.82) is 0 Å². The predicted octanol–water partition coefficient (Wildman–Crippen LogP) is 9.57. The van der Waals surface area contributed by atoms with Gasteiger partial charge in [-0.15, -0.1) is 0 Å². The Hall–Kier alpha value is -2.51. The number of ketones is 2. The zero-order valence-electron chi connectivity index (χ0n) is 34.6. The number of rotatable bonds is 12. The summed E-state index contributed by atoms with van der Waals surface area (Å²) in [4.78, 5) is 51.7. The van der Waals surface area contributed by atoms with Gasteiger partial charge in [-0.1, -0.05) is 65.6 Å². The lowest BCUT2D eigenvalue weighted by Crippen LogP contribution is -2.62. The zero-order valence-corrected chi connectivity index (χ0v) is 35.3. The van der Waals surface area contributed by atoms with Crippen LogP contribution in [0.5, 0.6) is 0 Å². The summed E-state index contributed by atoms with van der Waals surface area (Å²) < 4.78 is 0. The van der Waals surface area contributed by atoms with Gasteiger partial charge >= 0.3 is 5.97 Å². The number of allylic oxidation sites excluding steroid dienone is 2. The molecule has 1 aromatic carbocycles. The molecule has 1 amide bonds. The second-order valence-corrected chi connectivity index (χ2v) is 20.9. The first-order valence-corrected chi connectivity index (χ1v) is 22.1. The first-order valence-electron chi connectivity index (χ1n) is 21.7. The number of fused-ring (bicyclic) bond motifs is 7. The van der Waals surface area contributed by atoms with Gasteiger partial charge in [0.2, 0.25) is 0 Å². The number of amides is 1. The van der Waals surface area contributed by atoms with Crippen LogP contribution in [0.2, 0.25) is 5.02 Å². The number of aliphatic carboxylic acids is 1. The molecule has 302 valence electrons. The van der Waals surface area contributed by atoms with E-state index in [0.717, 1.165) is 31.4 Å². The van der Waals surface area contributed by atoms with Crippen molar-refractivity contribution in [2.45, 2.75) is 126 Å². The Balaban J connectivity index is 1.02. The van der Waals surface area contributed by atoms with Crippen molar-refractivity contribution in [3.05, 3.63) is 46.0 Å². The van der Waals surface area contributed by atoms with Crippen LogP contribution in [0.3, 0.4) is 0 Å². The van der Waals surface area contributed by atoms with Crippen LogP contribution >= 0.6 is 11.6 Å². The molecular formula is C47H67ClN2O5. The Morgan fingerprint density at radius 3 is 2.25 bits per heavy atom. The van der Waals surface area contributed by atoms with Crippen molar-refractivity contribution >= 4 is 35.0 Å². The third-order valence-corrected chi connectivity index (χ3v) is 17.7. The standard InChI is InChI=1S/C47H67ClN2O5/c1-27(2)40-37(52)26-47(20-21-49-22-23-50-42(53)29-8-10-31(48)11-9-29)19-15-35-32(41(40)47)12-13-39-45(35,6)18-16-38-44(4,5)30(14-17-46(38,39)7)24-36(51)33-25-34(28(33)3)43(54)55/h8-11,27-28,30,32-35,38-39,49H,12-26H2,1-7H3,(H,50,53)(H,54,55). The Morgan fingerprint density at radius 1 is 0.873 bits per heavy atom. The molecular weight excluding hydrogens is 708 g/mol. The fourth-order valence-electron chi connectivity index (χ4n) is 14.5. The summed E-state index contributed by atoms with van der Waals surface area (Å²) in [5, 5.41) is 16.8. The molecule has 5 saturated carbocycles. The van der Waals surface area contributed by atoms with E-state index < -0.39 is 5.97 Å². The number of hydrogen-bond acceptors (Lipinski definition) is 5. The molecule has 6 aliphatic carbocycles. The molecule has 7 rings (SSSR count). The molecule has 5 fully saturated rings. The van der Waals surface area contributed by atoms with Gasteiger partial charge in [0.25, 0.3) is 5.91 Å². The number of Topliss-reactive ketones (excluding diaryl/α,β-unsaturated/α-hetero) is 2. The van der Waals surface area contributed by atoms with Crippen LogP contribution in [0.4, 0.5) is 0 Å². The van der Waals surface area contributed by atoms with Crippen molar-refractivity contribution in [3.63, 3.8) is 0 Å². The van der Waals surface area contributed by atoms with E-state index in [9.17, 15) is 24.3 Å². The van der Waals surface area contributed by atoms with E-state index in [1.165, 1.54) is 44.1 Å². The van der Waals surface area contributed by atoms with Crippen molar-refractivity contribution in [1.82, 2.24) is 10.6 Å². The molecule has 3 N–H and O–H groups in total. The number of carbonyl (C=O) groups excluding carboxylic acids is 3. The highest BCUT2D eigenvalue weighted by atomic mass is 35.5. The maximum atomic E-state index is 14.0. The molecule has 0 heterocycles. The molecule has 0 saturated heterocycles. The molecule has 6 aliphatic rings. The van der Waals surface area contributed by atoms with E-state index in [1.807, 2.05) is 6.92 Å². The van der Waals surface area contributed by atoms with Gasteiger partial charge in [-0.05, 0) is 158 Å². The molecule has 0 radical (unpaired) electrons.